The first-order chi connectivity index (χ1) is 18.0. The molecule has 0 amide bonds. The van der Waals surface area contributed by atoms with Gasteiger partial charge in [0.05, 0.1) is 12.3 Å². The maximum atomic E-state index is 13.2. The molecule has 8 heteroatoms. The van der Waals surface area contributed by atoms with Crippen LogP contribution < -0.4 is 5.56 Å². The Morgan fingerprint density at radius 3 is 2.59 bits per heavy atom. The highest BCUT2D eigenvalue weighted by molar-refractivity contribution is 5.80. The summed E-state index contributed by atoms with van der Waals surface area (Å²) in [6.07, 6.45) is 3.44. The van der Waals surface area contributed by atoms with Crippen LogP contribution in [0.1, 0.15) is 59.6 Å². The molecule has 2 aromatic carbocycles. The van der Waals surface area contributed by atoms with E-state index in [1.165, 1.54) is 5.56 Å². The van der Waals surface area contributed by atoms with E-state index in [4.69, 9.17) is 4.42 Å². The van der Waals surface area contributed by atoms with Gasteiger partial charge in [0.1, 0.15) is 12.3 Å². The van der Waals surface area contributed by atoms with Gasteiger partial charge in [-0.1, -0.05) is 43.7 Å². The van der Waals surface area contributed by atoms with E-state index in [0.717, 1.165) is 52.0 Å². The summed E-state index contributed by atoms with van der Waals surface area (Å²) in [4.78, 5) is 18.6. The lowest BCUT2D eigenvalue weighted by Gasteiger charge is -2.31. The van der Waals surface area contributed by atoms with E-state index in [1.807, 2.05) is 42.5 Å². The largest absolute Gasteiger partial charge is 0.467 e. The number of aryl methyl sites for hydroxylation is 2. The molecule has 5 rings (SSSR count). The summed E-state index contributed by atoms with van der Waals surface area (Å²) >= 11 is 0. The van der Waals surface area contributed by atoms with Gasteiger partial charge in [-0.3, -0.25) is 9.69 Å². The van der Waals surface area contributed by atoms with Crippen LogP contribution in [0.15, 0.2) is 76.1 Å². The highest BCUT2D eigenvalue weighted by Gasteiger charge is 2.27. The molecule has 1 atom stereocenters. The van der Waals surface area contributed by atoms with Gasteiger partial charge >= 0.3 is 0 Å². The number of nitrogens with one attached hydrogen (secondary N) is 1. The molecule has 0 aliphatic heterocycles. The van der Waals surface area contributed by atoms with Crippen LogP contribution in [0.3, 0.4) is 0 Å². The molecule has 3 heterocycles. The molecule has 37 heavy (non-hydrogen) atoms. The molecule has 0 aliphatic carbocycles. The molecular formula is C29H32N6O2. The lowest BCUT2D eigenvalue weighted by molar-refractivity contribution is 0.155. The van der Waals surface area contributed by atoms with Crippen molar-refractivity contribution >= 4 is 10.9 Å². The van der Waals surface area contributed by atoms with Gasteiger partial charge in [-0.2, -0.15) is 0 Å². The fourth-order valence-electron chi connectivity index (χ4n) is 4.81. The number of aromatic nitrogens is 5. The summed E-state index contributed by atoms with van der Waals surface area (Å²) in [6.45, 7) is 7.88. The Balaban J connectivity index is 1.54. The molecule has 0 unspecified atom stereocenters. The Bertz CT molecular complexity index is 1520. The fraction of sp³-hybridized carbons (Fsp3) is 0.310. The van der Waals surface area contributed by atoms with Gasteiger partial charge in [0.15, 0.2) is 5.82 Å². The van der Waals surface area contributed by atoms with Crippen LogP contribution >= 0.6 is 0 Å². The van der Waals surface area contributed by atoms with Crippen molar-refractivity contribution in [1.82, 2.24) is 30.1 Å². The van der Waals surface area contributed by atoms with Crippen molar-refractivity contribution in [2.75, 3.05) is 0 Å². The number of aromatic amines is 1. The normalized spacial score (nSPS) is 12.4. The highest BCUT2D eigenvalue weighted by atomic mass is 16.3. The number of hydrogen-bond donors (Lipinski definition) is 1. The summed E-state index contributed by atoms with van der Waals surface area (Å²) in [6, 6.07) is 20.2. The van der Waals surface area contributed by atoms with Gasteiger partial charge in [-0.05, 0) is 83.1 Å². The Morgan fingerprint density at radius 2 is 1.84 bits per heavy atom. The van der Waals surface area contributed by atoms with Crippen molar-refractivity contribution in [3.05, 3.63) is 111 Å². The second-order valence-electron chi connectivity index (χ2n) is 9.62. The average Bonchev–Trinajstić information content (AvgIpc) is 3.57. The standard InChI is InChI=1S/C29H32N6O2/c1-4-9-27(28-31-32-33-35(28)19-25-12-8-13-37-25)34(17-22-10-6-5-7-11-22)18-24-16-23-14-20(2)21(3)15-26(23)30-29(24)36/h5-8,10-16,27H,4,9,17-19H2,1-3H3,(H,30,36)/t27-/m1/s1. The molecule has 0 radical (unpaired) electrons. The quantitative estimate of drug-likeness (QED) is 0.281. The van der Waals surface area contributed by atoms with E-state index < -0.39 is 0 Å². The SMILES string of the molecule is CCC[C@H](c1nnnn1Cc1ccco1)N(Cc1ccccc1)Cc1cc2cc(C)c(C)cc2[nH]c1=O. The van der Waals surface area contributed by atoms with Crippen LogP contribution in [0.5, 0.6) is 0 Å². The van der Waals surface area contributed by atoms with Gasteiger partial charge in [-0.25, -0.2) is 4.68 Å². The van der Waals surface area contributed by atoms with E-state index in [2.05, 4.69) is 64.4 Å². The van der Waals surface area contributed by atoms with Gasteiger partial charge in [0.2, 0.25) is 0 Å². The first-order valence-electron chi connectivity index (χ1n) is 12.7. The zero-order valence-electron chi connectivity index (χ0n) is 21.5. The Morgan fingerprint density at radius 1 is 1.03 bits per heavy atom. The van der Waals surface area contributed by atoms with E-state index in [-0.39, 0.29) is 11.6 Å². The molecule has 190 valence electrons. The van der Waals surface area contributed by atoms with Crippen LogP contribution in [0.2, 0.25) is 0 Å². The van der Waals surface area contributed by atoms with E-state index >= 15 is 0 Å². The second kappa shape index (κ2) is 10.9. The van der Waals surface area contributed by atoms with Crippen molar-refractivity contribution in [2.24, 2.45) is 0 Å². The maximum absolute atomic E-state index is 13.2. The average molecular weight is 497 g/mol. The van der Waals surface area contributed by atoms with Crippen molar-refractivity contribution in [2.45, 2.75) is 59.3 Å². The molecule has 0 spiro atoms. The molecule has 0 saturated heterocycles. The number of pyridine rings is 1. The van der Waals surface area contributed by atoms with Crippen LogP contribution in [-0.4, -0.2) is 30.1 Å². The summed E-state index contributed by atoms with van der Waals surface area (Å²) < 4.78 is 7.35. The molecule has 3 aromatic heterocycles. The number of benzene rings is 2. The van der Waals surface area contributed by atoms with Crippen LogP contribution in [0.4, 0.5) is 0 Å². The predicted molar refractivity (Wildman–Crippen MR) is 143 cm³/mol. The highest BCUT2D eigenvalue weighted by Crippen LogP contribution is 2.28. The molecule has 0 fully saturated rings. The van der Waals surface area contributed by atoms with Crippen molar-refractivity contribution in [1.29, 1.82) is 0 Å². The van der Waals surface area contributed by atoms with Gasteiger partial charge < -0.3 is 9.40 Å². The Kier molecular flexibility index (Phi) is 7.28. The summed E-state index contributed by atoms with van der Waals surface area (Å²) in [5.41, 5.74) is 5.04. The lowest BCUT2D eigenvalue weighted by atomic mass is 10.0. The number of tetrazole rings is 1. The van der Waals surface area contributed by atoms with Gasteiger partial charge in [0, 0.05) is 24.2 Å². The molecule has 0 aliphatic rings. The molecule has 0 saturated carbocycles. The summed E-state index contributed by atoms with van der Waals surface area (Å²) in [5, 5.41) is 13.8. The summed E-state index contributed by atoms with van der Waals surface area (Å²) in [7, 11) is 0. The van der Waals surface area contributed by atoms with E-state index in [1.54, 1.807) is 10.9 Å². The monoisotopic (exact) mass is 496 g/mol. The minimum absolute atomic E-state index is 0.0701. The summed E-state index contributed by atoms with van der Waals surface area (Å²) in [5.74, 6) is 1.55. The van der Waals surface area contributed by atoms with E-state index in [0.29, 0.717) is 19.6 Å². The van der Waals surface area contributed by atoms with Crippen LogP contribution in [0, 0.1) is 13.8 Å². The number of furan rings is 1. The van der Waals surface area contributed by atoms with Crippen LogP contribution in [0.25, 0.3) is 10.9 Å². The topological polar surface area (TPSA) is 92.8 Å². The fourth-order valence-corrected chi connectivity index (χ4v) is 4.81. The van der Waals surface area contributed by atoms with Crippen molar-refractivity contribution < 1.29 is 4.42 Å². The number of nitrogens with zero attached hydrogens (tertiary/aromatic N) is 5. The molecule has 5 aromatic rings. The van der Waals surface area contributed by atoms with Crippen molar-refractivity contribution in [3.8, 4) is 0 Å². The number of H-pyrrole nitrogens is 1. The first kappa shape index (κ1) is 24.6. The van der Waals surface area contributed by atoms with Gasteiger partial charge in [0.25, 0.3) is 5.56 Å². The van der Waals surface area contributed by atoms with Crippen LogP contribution in [-0.2, 0) is 19.6 Å². The minimum Gasteiger partial charge on any atom is -0.467 e. The molecule has 0 bridgehead atoms. The smallest absolute Gasteiger partial charge is 0.252 e. The molecule has 1 N–H and O–H groups in total. The minimum atomic E-state index is -0.0926. The number of fused-ring (bicyclic) bond motifs is 1. The molecule has 8 nitrogen and oxygen atoms in total. The Hall–Kier alpha value is -4.04. The first-order valence-corrected chi connectivity index (χ1v) is 12.7. The van der Waals surface area contributed by atoms with Crippen molar-refractivity contribution in [3.63, 3.8) is 0 Å². The third-order valence-electron chi connectivity index (χ3n) is 6.88. The number of rotatable bonds is 10. The number of hydrogen-bond acceptors (Lipinski definition) is 6. The van der Waals surface area contributed by atoms with Gasteiger partial charge in [-0.15, -0.1) is 5.10 Å². The maximum Gasteiger partial charge on any atom is 0.252 e. The van der Waals surface area contributed by atoms with E-state index in [9.17, 15) is 4.79 Å². The zero-order chi connectivity index (χ0) is 25.8. The lowest BCUT2D eigenvalue weighted by Crippen LogP contribution is -2.32. The Labute approximate surface area is 215 Å². The zero-order valence-corrected chi connectivity index (χ0v) is 21.5. The third kappa shape index (κ3) is 5.54. The second-order valence-corrected chi connectivity index (χ2v) is 9.62. The predicted octanol–water partition coefficient (Wildman–Crippen LogP) is 5.32. The third-order valence-corrected chi connectivity index (χ3v) is 6.88. The molecular weight excluding hydrogens is 464 g/mol.